The summed E-state index contributed by atoms with van der Waals surface area (Å²) in [4.78, 5) is 25.7. The fourth-order valence-corrected chi connectivity index (χ4v) is 4.76. The van der Waals surface area contributed by atoms with Gasteiger partial charge < -0.3 is 9.30 Å². The molecule has 27 heavy (non-hydrogen) atoms. The van der Waals surface area contributed by atoms with Crippen LogP contribution in [-0.2, 0) is 26.9 Å². The van der Waals surface area contributed by atoms with Gasteiger partial charge in [-0.25, -0.2) is 0 Å². The number of esters is 1. The van der Waals surface area contributed by atoms with Crippen LogP contribution >= 0.6 is 0 Å². The van der Waals surface area contributed by atoms with E-state index in [4.69, 9.17) is 4.74 Å². The highest BCUT2D eigenvalue weighted by atomic mass is 32.2. The van der Waals surface area contributed by atoms with E-state index < -0.39 is 10.8 Å². The fourth-order valence-electron chi connectivity index (χ4n) is 3.52. The summed E-state index contributed by atoms with van der Waals surface area (Å²) in [5, 5.41) is 0. The molecular formula is C21H25NO4S. The van der Waals surface area contributed by atoms with Crippen LogP contribution < -0.4 is 0 Å². The average molecular weight is 388 g/mol. The van der Waals surface area contributed by atoms with E-state index in [-0.39, 0.29) is 17.7 Å². The van der Waals surface area contributed by atoms with E-state index in [0.717, 1.165) is 23.4 Å². The number of nitrogens with zero attached hydrogens (tertiary/aromatic N) is 1. The monoisotopic (exact) mass is 387 g/mol. The summed E-state index contributed by atoms with van der Waals surface area (Å²) < 4.78 is 19.1. The molecule has 1 aliphatic heterocycles. The molecule has 2 aromatic rings. The number of hydrogen-bond acceptors (Lipinski definition) is 4. The Balaban J connectivity index is 1.84. The highest BCUT2D eigenvalue weighted by molar-refractivity contribution is 7.85. The highest BCUT2D eigenvalue weighted by Gasteiger charge is 2.30. The Morgan fingerprint density at radius 1 is 1.19 bits per heavy atom. The topological polar surface area (TPSA) is 65.4 Å². The first kappa shape index (κ1) is 19.5. The molecule has 0 saturated heterocycles. The number of hydrogen-bond donors (Lipinski definition) is 0. The fraction of sp³-hybridized carbons (Fsp3) is 0.429. The van der Waals surface area contributed by atoms with Crippen molar-refractivity contribution in [2.24, 2.45) is 5.92 Å². The quantitative estimate of drug-likeness (QED) is 0.562. The van der Waals surface area contributed by atoms with Gasteiger partial charge in [0, 0.05) is 28.5 Å². The van der Waals surface area contributed by atoms with Crippen molar-refractivity contribution < 1.29 is 18.5 Å². The van der Waals surface area contributed by atoms with E-state index in [1.807, 2.05) is 24.5 Å². The molecular weight excluding hydrogens is 362 g/mol. The Bertz CT molecular complexity index is 867. The third-order valence-electron chi connectivity index (χ3n) is 4.83. The Kier molecular flexibility index (Phi) is 5.95. The molecule has 0 aliphatic carbocycles. The van der Waals surface area contributed by atoms with Crippen LogP contribution in [0.1, 0.15) is 54.4 Å². The van der Waals surface area contributed by atoms with Gasteiger partial charge in [-0.15, -0.1) is 0 Å². The van der Waals surface area contributed by atoms with E-state index >= 15 is 0 Å². The van der Waals surface area contributed by atoms with Gasteiger partial charge in [-0.3, -0.25) is 13.8 Å². The zero-order valence-electron chi connectivity index (χ0n) is 15.9. The minimum atomic E-state index is -1.05. The van der Waals surface area contributed by atoms with Crippen molar-refractivity contribution >= 4 is 22.6 Å². The van der Waals surface area contributed by atoms with Crippen molar-refractivity contribution in [1.82, 2.24) is 4.57 Å². The van der Waals surface area contributed by atoms with E-state index in [0.29, 0.717) is 29.5 Å². The minimum Gasteiger partial charge on any atom is -0.469 e. The number of fused-ring (bicyclic) bond motifs is 1. The lowest BCUT2D eigenvalue weighted by atomic mass is 9.96. The van der Waals surface area contributed by atoms with Crippen LogP contribution in [-0.4, -0.2) is 33.4 Å². The molecule has 6 heteroatoms. The largest absolute Gasteiger partial charge is 0.469 e. The summed E-state index contributed by atoms with van der Waals surface area (Å²) in [5.74, 6) is 0.292. The number of methoxy groups -OCH3 is 1. The zero-order valence-corrected chi connectivity index (χ0v) is 16.8. The highest BCUT2D eigenvalue weighted by Crippen LogP contribution is 2.31. The second-order valence-corrected chi connectivity index (χ2v) is 8.77. The van der Waals surface area contributed by atoms with Crippen LogP contribution in [0.25, 0.3) is 0 Å². The number of benzene rings is 1. The molecule has 0 fully saturated rings. The lowest BCUT2D eigenvalue weighted by molar-refractivity contribution is -0.143. The summed E-state index contributed by atoms with van der Waals surface area (Å²) in [7, 11) is 0.337. The number of ketones is 1. The molecule has 0 spiro atoms. The Morgan fingerprint density at radius 3 is 2.52 bits per heavy atom. The van der Waals surface area contributed by atoms with Gasteiger partial charge in [0.25, 0.3) is 0 Å². The maximum absolute atomic E-state index is 13.0. The SMILES string of the molecule is COC(=O)C1CCCn2c(C(=O)c3ccc(S(=O)CC(C)C)cc3)ccc21. The summed E-state index contributed by atoms with van der Waals surface area (Å²) in [5.41, 5.74) is 1.97. The molecule has 144 valence electrons. The van der Waals surface area contributed by atoms with Gasteiger partial charge >= 0.3 is 5.97 Å². The van der Waals surface area contributed by atoms with Crippen LogP contribution in [0.2, 0.25) is 0 Å². The van der Waals surface area contributed by atoms with Crippen molar-refractivity contribution in [3.63, 3.8) is 0 Å². The van der Waals surface area contributed by atoms with Crippen LogP contribution in [0.3, 0.4) is 0 Å². The number of ether oxygens (including phenoxy) is 1. The van der Waals surface area contributed by atoms with Crippen molar-refractivity contribution in [3.8, 4) is 0 Å². The Morgan fingerprint density at radius 2 is 1.89 bits per heavy atom. The van der Waals surface area contributed by atoms with Crippen LogP contribution in [0.15, 0.2) is 41.3 Å². The zero-order chi connectivity index (χ0) is 19.6. The molecule has 1 aromatic heterocycles. The lowest BCUT2D eigenvalue weighted by Gasteiger charge is -2.24. The minimum absolute atomic E-state index is 0.0899. The molecule has 2 heterocycles. The van der Waals surface area contributed by atoms with Gasteiger partial charge in [0.15, 0.2) is 0 Å². The maximum atomic E-state index is 13.0. The van der Waals surface area contributed by atoms with E-state index in [1.165, 1.54) is 7.11 Å². The molecule has 3 rings (SSSR count). The number of aromatic nitrogens is 1. The van der Waals surface area contributed by atoms with Crippen molar-refractivity contribution in [3.05, 3.63) is 53.3 Å². The first-order valence-corrected chi connectivity index (χ1v) is 10.5. The molecule has 1 aromatic carbocycles. The number of carbonyl (C=O) groups is 2. The molecule has 0 bridgehead atoms. The van der Waals surface area contributed by atoms with Gasteiger partial charge in [-0.2, -0.15) is 0 Å². The number of carbonyl (C=O) groups excluding carboxylic acids is 2. The van der Waals surface area contributed by atoms with Crippen molar-refractivity contribution in [1.29, 1.82) is 0 Å². The van der Waals surface area contributed by atoms with Gasteiger partial charge in [0.2, 0.25) is 5.78 Å². The standard InChI is InChI=1S/C21H25NO4S/c1-14(2)13-27(25)16-8-6-15(7-9-16)20(23)19-11-10-18-17(21(24)26-3)5-4-12-22(18)19/h6-11,14,17H,4-5,12-13H2,1-3H3. The summed E-state index contributed by atoms with van der Waals surface area (Å²) in [6.07, 6.45) is 1.57. The summed E-state index contributed by atoms with van der Waals surface area (Å²) in [6, 6.07) is 10.6. The van der Waals surface area contributed by atoms with E-state index in [9.17, 15) is 13.8 Å². The van der Waals surface area contributed by atoms with Gasteiger partial charge in [0.05, 0.1) is 29.5 Å². The van der Waals surface area contributed by atoms with Crippen LogP contribution in [0.4, 0.5) is 0 Å². The predicted octanol–water partition coefficient (Wildman–Crippen LogP) is 3.53. The smallest absolute Gasteiger partial charge is 0.314 e. The summed E-state index contributed by atoms with van der Waals surface area (Å²) in [6.45, 7) is 4.79. The molecule has 0 saturated carbocycles. The van der Waals surface area contributed by atoms with Crippen LogP contribution in [0.5, 0.6) is 0 Å². The third kappa shape index (κ3) is 4.05. The van der Waals surface area contributed by atoms with E-state index in [1.54, 1.807) is 30.3 Å². The van der Waals surface area contributed by atoms with Crippen molar-refractivity contribution in [2.45, 2.75) is 44.0 Å². The van der Waals surface area contributed by atoms with Crippen LogP contribution in [0, 0.1) is 5.92 Å². The van der Waals surface area contributed by atoms with Gasteiger partial charge in [-0.1, -0.05) is 13.8 Å². The molecule has 1 aliphatic rings. The second-order valence-electron chi connectivity index (χ2n) is 7.27. The Labute approximate surface area is 162 Å². The number of rotatable bonds is 6. The van der Waals surface area contributed by atoms with E-state index in [2.05, 4.69) is 0 Å². The Hall–Kier alpha value is -2.21. The summed E-state index contributed by atoms with van der Waals surface area (Å²) >= 11 is 0. The first-order chi connectivity index (χ1) is 12.9. The van der Waals surface area contributed by atoms with Gasteiger partial charge in [0.1, 0.15) is 0 Å². The lowest BCUT2D eigenvalue weighted by Crippen LogP contribution is -2.24. The maximum Gasteiger partial charge on any atom is 0.314 e. The first-order valence-electron chi connectivity index (χ1n) is 9.22. The molecule has 0 radical (unpaired) electrons. The molecule has 2 atom stereocenters. The molecule has 0 amide bonds. The molecule has 5 nitrogen and oxygen atoms in total. The van der Waals surface area contributed by atoms with Gasteiger partial charge in [-0.05, 0) is 55.2 Å². The van der Waals surface area contributed by atoms with Crippen molar-refractivity contribution in [2.75, 3.05) is 12.9 Å². The normalized spacial score (nSPS) is 17.4. The molecule has 0 N–H and O–H groups in total. The average Bonchev–Trinajstić information content (AvgIpc) is 3.10. The third-order valence-corrected chi connectivity index (χ3v) is 6.60. The molecule has 2 unspecified atom stereocenters. The second kappa shape index (κ2) is 8.21. The predicted molar refractivity (Wildman–Crippen MR) is 104 cm³/mol.